The van der Waals surface area contributed by atoms with Crippen molar-refractivity contribution in [3.63, 3.8) is 0 Å². The van der Waals surface area contributed by atoms with Crippen LogP contribution in [0.4, 0.5) is 38.2 Å². The van der Waals surface area contributed by atoms with Crippen LogP contribution in [0.15, 0.2) is 5.83 Å². The summed E-state index contributed by atoms with van der Waals surface area (Å²) in [4.78, 5) is 11.4. The molecular weight excluding hydrogens is 380 g/mol. The number of anilines is 2. The monoisotopic (exact) mass is 399 g/mol. The maximum atomic E-state index is 14.2. The van der Waals surface area contributed by atoms with Gasteiger partial charge in [-0.15, -0.1) is 0 Å². The first-order valence-electron chi connectivity index (χ1n) is 8.23. The van der Waals surface area contributed by atoms with Crippen LogP contribution >= 0.6 is 0 Å². The summed E-state index contributed by atoms with van der Waals surface area (Å²) < 4.78 is 79.4. The van der Waals surface area contributed by atoms with Crippen LogP contribution in [-0.2, 0) is 0 Å². The zero-order valence-corrected chi connectivity index (χ0v) is 14.5. The highest BCUT2D eigenvalue weighted by molar-refractivity contribution is 5.66. The third-order valence-corrected chi connectivity index (χ3v) is 3.91. The molecule has 0 fully saturated rings. The van der Waals surface area contributed by atoms with E-state index in [0.29, 0.717) is 13.0 Å². The Bertz CT molecular complexity index is 708. The molecule has 0 radical (unpaired) electrons. The van der Waals surface area contributed by atoms with Crippen LogP contribution in [0.3, 0.4) is 0 Å². The number of halogens is 6. The summed E-state index contributed by atoms with van der Waals surface area (Å²) in [5.74, 6) is -6.18. The Morgan fingerprint density at radius 1 is 1.22 bits per heavy atom. The lowest BCUT2D eigenvalue weighted by Gasteiger charge is -2.27. The Hall–Kier alpha value is -2.11. The molecule has 0 bridgehead atoms. The van der Waals surface area contributed by atoms with Gasteiger partial charge in [-0.2, -0.15) is 28.1 Å². The van der Waals surface area contributed by atoms with Crippen LogP contribution < -0.4 is 10.6 Å². The maximum Gasteiger partial charge on any atom is 0.408 e. The van der Waals surface area contributed by atoms with Gasteiger partial charge in [-0.05, 0) is 19.8 Å². The van der Waals surface area contributed by atoms with Crippen LogP contribution in [0.2, 0.25) is 0 Å². The number of hydrogen-bond donors (Lipinski definition) is 3. The van der Waals surface area contributed by atoms with Gasteiger partial charge >= 0.3 is 6.18 Å². The smallest absolute Gasteiger partial charge is 0.380 e. The van der Waals surface area contributed by atoms with E-state index in [-0.39, 0.29) is 5.95 Å². The summed E-state index contributed by atoms with van der Waals surface area (Å²) in [7, 11) is 0. The van der Waals surface area contributed by atoms with Gasteiger partial charge < -0.3 is 15.7 Å². The first kappa shape index (κ1) is 21.2. The summed E-state index contributed by atoms with van der Waals surface area (Å²) in [5.41, 5.74) is -0.391. The minimum atomic E-state index is -4.59. The molecule has 3 N–H and O–H groups in total. The molecule has 27 heavy (non-hydrogen) atoms. The second kappa shape index (κ2) is 7.87. The fourth-order valence-corrected chi connectivity index (χ4v) is 2.28. The van der Waals surface area contributed by atoms with Crippen molar-refractivity contribution in [1.82, 2.24) is 15.0 Å². The number of rotatable bonds is 6. The highest BCUT2D eigenvalue weighted by atomic mass is 19.4. The molecule has 1 heterocycles. The fraction of sp³-hybridized carbons (Fsp3) is 0.667. The molecule has 1 aliphatic carbocycles. The predicted octanol–water partition coefficient (Wildman–Crippen LogP) is 3.53. The van der Waals surface area contributed by atoms with E-state index < -0.39 is 60.3 Å². The minimum Gasteiger partial charge on any atom is -0.380 e. The van der Waals surface area contributed by atoms with E-state index >= 15 is 0 Å². The first-order chi connectivity index (χ1) is 12.5. The van der Waals surface area contributed by atoms with Crippen molar-refractivity contribution >= 4 is 17.5 Å². The predicted molar refractivity (Wildman–Crippen MR) is 86.0 cm³/mol. The van der Waals surface area contributed by atoms with E-state index in [1.807, 2.05) is 12.2 Å². The number of nitrogens with zero attached hydrogens (tertiary/aromatic N) is 3. The van der Waals surface area contributed by atoms with Crippen molar-refractivity contribution in [2.45, 2.75) is 57.4 Å². The maximum absolute atomic E-state index is 14.2. The average molecular weight is 399 g/mol. The van der Waals surface area contributed by atoms with Crippen LogP contribution in [0.5, 0.6) is 0 Å². The van der Waals surface area contributed by atoms with Crippen molar-refractivity contribution < 1.29 is 31.4 Å². The molecule has 6 nitrogen and oxygen atoms in total. The normalized spacial score (nSPS) is 21.1. The summed E-state index contributed by atoms with van der Waals surface area (Å²) in [6.07, 6.45) is -7.93. The van der Waals surface area contributed by atoms with Gasteiger partial charge in [0.2, 0.25) is 11.9 Å². The van der Waals surface area contributed by atoms with Crippen LogP contribution in [0.25, 0.3) is 5.57 Å². The highest BCUT2D eigenvalue weighted by Gasteiger charge is 2.46. The first-order valence-corrected chi connectivity index (χ1v) is 8.23. The van der Waals surface area contributed by atoms with E-state index in [1.54, 1.807) is 0 Å². The quantitative estimate of drug-likeness (QED) is 0.635. The van der Waals surface area contributed by atoms with Gasteiger partial charge in [-0.25, -0.2) is 13.2 Å². The molecule has 0 aliphatic heterocycles. The van der Waals surface area contributed by atoms with Gasteiger partial charge in [0, 0.05) is 18.5 Å². The summed E-state index contributed by atoms with van der Waals surface area (Å²) >= 11 is 0. The Labute approximate surface area is 151 Å². The third kappa shape index (κ3) is 4.99. The molecule has 12 heteroatoms. The average Bonchev–Trinajstić information content (AvgIpc) is 2.57. The summed E-state index contributed by atoms with van der Waals surface area (Å²) in [6, 6.07) is -2.01. The van der Waals surface area contributed by atoms with Gasteiger partial charge in [0.1, 0.15) is 11.9 Å². The molecule has 1 aromatic heterocycles. The highest BCUT2D eigenvalue weighted by Crippen LogP contribution is 2.41. The zero-order valence-electron chi connectivity index (χ0n) is 14.5. The molecule has 0 aromatic carbocycles. The lowest BCUT2D eigenvalue weighted by atomic mass is 9.92. The van der Waals surface area contributed by atoms with Crippen LogP contribution in [0.1, 0.15) is 38.9 Å². The molecule has 2 atom stereocenters. The zero-order chi connectivity index (χ0) is 20.4. The topological polar surface area (TPSA) is 83.0 Å². The second-order valence-corrected chi connectivity index (χ2v) is 6.13. The molecule has 1 unspecified atom stereocenters. The lowest BCUT2D eigenvalue weighted by molar-refractivity contribution is -0.138. The van der Waals surface area contributed by atoms with Crippen molar-refractivity contribution in [2.24, 2.45) is 0 Å². The molecular formula is C15H19F6N5O. The van der Waals surface area contributed by atoms with Crippen molar-refractivity contribution in [3.8, 4) is 0 Å². The van der Waals surface area contributed by atoms with Crippen LogP contribution in [0, 0.1) is 0 Å². The van der Waals surface area contributed by atoms with Gasteiger partial charge in [0.15, 0.2) is 11.9 Å². The second-order valence-electron chi connectivity index (χ2n) is 6.13. The van der Waals surface area contributed by atoms with Gasteiger partial charge in [0.05, 0.1) is 0 Å². The number of aliphatic hydroxyl groups excluding tert-OH is 1. The SMILES string of the molecule is CCCNc1nc(N[C@H](C)C(F)(F)F)nc(C2=C(F)C(O)C(F)(F)CC2)n1. The molecule has 2 rings (SSSR count). The summed E-state index contributed by atoms with van der Waals surface area (Å²) in [5, 5.41) is 14.2. The number of aromatic nitrogens is 3. The Morgan fingerprint density at radius 2 is 1.85 bits per heavy atom. The number of aliphatic hydroxyl groups is 1. The van der Waals surface area contributed by atoms with Crippen molar-refractivity contribution in [3.05, 3.63) is 11.7 Å². The number of alkyl halides is 5. The fourth-order valence-electron chi connectivity index (χ4n) is 2.28. The Balaban J connectivity index is 2.43. The Kier molecular flexibility index (Phi) is 6.17. The van der Waals surface area contributed by atoms with E-state index in [4.69, 9.17) is 0 Å². The molecule has 0 amide bonds. The lowest BCUT2D eigenvalue weighted by Crippen LogP contribution is -2.37. The number of allylic oxidation sites excluding steroid dienone is 1. The van der Waals surface area contributed by atoms with Gasteiger partial charge in [-0.3, -0.25) is 0 Å². The van der Waals surface area contributed by atoms with Gasteiger partial charge in [0.25, 0.3) is 5.92 Å². The molecule has 1 aromatic rings. The standard InChI is InChI=1S/C15H19F6N5O/c1-3-6-22-12-24-11(8-4-5-14(17,18)10(27)9(8)16)25-13(26-12)23-7(2)15(19,20)21/h7,10,27H,3-6H2,1-2H3,(H2,22,23,24,25,26)/t7-,10?/m1/s1. The van der Waals surface area contributed by atoms with E-state index in [9.17, 15) is 31.4 Å². The van der Waals surface area contributed by atoms with E-state index in [2.05, 4.69) is 20.3 Å². The molecule has 152 valence electrons. The molecule has 1 aliphatic rings. The van der Waals surface area contributed by atoms with Crippen molar-refractivity contribution in [2.75, 3.05) is 17.2 Å². The number of nitrogens with one attached hydrogen (secondary N) is 2. The largest absolute Gasteiger partial charge is 0.408 e. The molecule has 0 spiro atoms. The summed E-state index contributed by atoms with van der Waals surface area (Å²) in [6.45, 7) is 3.04. The number of hydrogen-bond acceptors (Lipinski definition) is 6. The minimum absolute atomic E-state index is 0.133. The van der Waals surface area contributed by atoms with E-state index in [0.717, 1.165) is 6.92 Å². The van der Waals surface area contributed by atoms with Gasteiger partial charge in [-0.1, -0.05) is 6.92 Å². The molecule has 0 saturated carbocycles. The Morgan fingerprint density at radius 3 is 2.44 bits per heavy atom. The van der Waals surface area contributed by atoms with E-state index in [1.165, 1.54) is 0 Å². The van der Waals surface area contributed by atoms with Crippen molar-refractivity contribution in [1.29, 1.82) is 0 Å². The third-order valence-electron chi connectivity index (χ3n) is 3.91. The molecule has 0 saturated heterocycles. The van der Waals surface area contributed by atoms with Crippen LogP contribution in [-0.4, -0.2) is 50.8 Å².